The van der Waals surface area contributed by atoms with E-state index in [2.05, 4.69) is 30.7 Å². The number of hydrogen-bond donors (Lipinski definition) is 0. The van der Waals surface area contributed by atoms with Gasteiger partial charge in [0.1, 0.15) is 10.2 Å². The van der Waals surface area contributed by atoms with Gasteiger partial charge in [0, 0.05) is 0 Å². The molecule has 0 fully saturated rings. The fraction of sp³-hybridized carbons (Fsp3) is 0.308. The monoisotopic (exact) mass is 377 g/mol. The maximum Gasteiger partial charge on any atom is 0.434 e. The molecule has 0 amide bonds. The van der Waals surface area contributed by atoms with E-state index >= 15 is 0 Å². The number of ether oxygens (including phenoxy) is 1. The van der Waals surface area contributed by atoms with E-state index in [0.717, 1.165) is 6.20 Å². The van der Waals surface area contributed by atoms with Crippen molar-refractivity contribution in [3.63, 3.8) is 0 Å². The molecule has 0 atom stereocenters. The number of aromatic nitrogens is 3. The molecule has 0 N–H and O–H groups in total. The Bertz CT molecular complexity index is 693. The number of rotatable bonds is 3. The number of halogens is 4. The van der Waals surface area contributed by atoms with E-state index in [9.17, 15) is 18.0 Å². The van der Waals surface area contributed by atoms with Crippen LogP contribution in [0.3, 0.4) is 0 Å². The summed E-state index contributed by atoms with van der Waals surface area (Å²) in [6, 6.07) is 3.08. The lowest BCUT2D eigenvalue weighted by molar-refractivity contribution is -0.143. The predicted octanol–water partition coefficient (Wildman–Crippen LogP) is 3.53. The summed E-state index contributed by atoms with van der Waals surface area (Å²) in [4.78, 5) is 15.6. The lowest BCUT2D eigenvalue weighted by atomic mass is 10.2. The van der Waals surface area contributed by atoms with Crippen molar-refractivity contribution in [3.05, 3.63) is 39.8 Å². The average molecular weight is 378 g/mol. The molecule has 0 unspecified atom stereocenters. The first kappa shape index (κ1) is 16.5. The minimum absolute atomic E-state index is 0.0322. The highest BCUT2D eigenvalue weighted by atomic mass is 79.9. The number of alkyl halides is 3. The Morgan fingerprint density at radius 2 is 2.09 bits per heavy atom. The molecule has 0 aliphatic heterocycles. The maximum absolute atomic E-state index is 13.3. The van der Waals surface area contributed by atoms with Crippen molar-refractivity contribution < 1.29 is 22.7 Å². The van der Waals surface area contributed by atoms with Crippen LogP contribution in [-0.4, -0.2) is 27.3 Å². The van der Waals surface area contributed by atoms with Crippen LogP contribution in [0.1, 0.15) is 28.5 Å². The molecule has 2 aromatic rings. The molecular formula is C13H11BrF3N3O2. The average Bonchev–Trinajstić information content (AvgIpc) is 2.82. The van der Waals surface area contributed by atoms with Crippen molar-refractivity contribution in [2.75, 3.05) is 6.61 Å². The first-order valence-electron chi connectivity index (χ1n) is 6.21. The van der Waals surface area contributed by atoms with Gasteiger partial charge in [-0.05, 0) is 47.5 Å². The van der Waals surface area contributed by atoms with Gasteiger partial charge in [-0.3, -0.25) is 0 Å². The van der Waals surface area contributed by atoms with Gasteiger partial charge in [-0.15, -0.1) is 0 Å². The van der Waals surface area contributed by atoms with E-state index in [1.165, 1.54) is 13.0 Å². The SMILES string of the molecule is CCOC(=O)c1cnn(-c2cc(C)cc(Br)n2)c1C(F)(F)F. The Kier molecular flexibility index (Phi) is 4.55. The molecule has 0 bridgehead atoms. The van der Waals surface area contributed by atoms with Gasteiger partial charge in [0.05, 0.1) is 12.8 Å². The lowest BCUT2D eigenvalue weighted by Gasteiger charge is -2.12. The van der Waals surface area contributed by atoms with Gasteiger partial charge in [0.2, 0.25) is 0 Å². The zero-order valence-electron chi connectivity index (χ0n) is 11.6. The summed E-state index contributed by atoms with van der Waals surface area (Å²) < 4.78 is 45.6. The molecule has 2 rings (SSSR count). The molecule has 5 nitrogen and oxygen atoms in total. The van der Waals surface area contributed by atoms with Gasteiger partial charge in [-0.1, -0.05) is 0 Å². The van der Waals surface area contributed by atoms with Crippen LogP contribution in [-0.2, 0) is 10.9 Å². The standard InChI is InChI=1S/C13H11BrF3N3O2/c1-3-22-12(21)8-6-18-20(11(8)13(15,16)17)10-5-7(2)4-9(14)19-10/h4-6H,3H2,1-2H3. The first-order valence-corrected chi connectivity index (χ1v) is 7.00. The molecule has 9 heteroatoms. The molecule has 118 valence electrons. The van der Waals surface area contributed by atoms with Gasteiger partial charge in [0.25, 0.3) is 0 Å². The van der Waals surface area contributed by atoms with E-state index < -0.39 is 23.4 Å². The highest BCUT2D eigenvalue weighted by molar-refractivity contribution is 9.10. The Labute approximate surface area is 132 Å². The summed E-state index contributed by atoms with van der Waals surface area (Å²) in [5, 5.41) is 3.65. The summed E-state index contributed by atoms with van der Waals surface area (Å²) in [5.41, 5.74) is -1.16. The van der Waals surface area contributed by atoms with E-state index in [4.69, 9.17) is 0 Å². The van der Waals surface area contributed by atoms with Crippen LogP contribution in [0.2, 0.25) is 0 Å². The second-order valence-electron chi connectivity index (χ2n) is 4.36. The smallest absolute Gasteiger partial charge is 0.434 e. The number of nitrogens with zero attached hydrogens (tertiary/aromatic N) is 3. The van der Waals surface area contributed by atoms with Gasteiger partial charge < -0.3 is 4.74 Å². The van der Waals surface area contributed by atoms with Crippen LogP contribution in [0.15, 0.2) is 22.9 Å². The summed E-state index contributed by atoms with van der Waals surface area (Å²) in [6.45, 7) is 3.18. The Hall–Kier alpha value is -1.90. The molecule has 0 aliphatic carbocycles. The van der Waals surface area contributed by atoms with Crippen LogP contribution in [0.25, 0.3) is 5.82 Å². The van der Waals surface area contributed by atoms with Crippen molar-refractivity contribution in [1.82, 2.24) is 14.8 Å². The third-order valence-corrected chi connectivity index (χ3v) is 3.08. The molecular weight excluding hydrogens is 367 g/mol. The van der Waals surface area contributed by atoms with E-state index in [0.29, 0.717) is 14.8 Å². The van der Waals surface area contributed by atoms with E-state index in [-0.39, 0.29) is 12.4 Å². The third kappa shape index (κ3) is 3.29. The Morgan fingerprint density at radius 3 is 2.64 bits per heavy atom. The van der Waals surface area contributed by atoms with Gasteiger partial charge in [-0.2, -0.15) is 18.3 Å². The van der Waals surface area contributed by atoms with Crippen LogP contribution in [0.4, 0.5) is 13.2 Å². The number of pyridine rings is 1. The van der Waals surface area contributed by atoms with Crippen molar-refractivity contribution in [2.45, 2.75) is 20.0 Å². The molecule has 0 radical (unpaired) electrons. The maximum atomic E-state index is 13.3. The summed E-state index contributed by atoms with van der Waals surface area (Å²) in [7, 11) is 0. The topological polar surface area (TPSA) is 57.0 Å². The van der Waals surface area contributed by atoms with Crippen LogP contribution in [0.5, 0.6) is 0 Å². The largest absolute Gasteiger partial charge is 0.462 e. The normalized spacial score (nSPS) is 11.5. The van der Waals surface area contributed by atoms with Crippen molar-refractivity contribution in [2.24, 2.45) is 0 Å². The molecule has 22 heavy (non-hydrogen) atoms. The number of esters is 1. The van der Waals surface area contributed by atoms with Crippen molar-refractivity contribution >= 4 is 21.9 Å². The fourth-order valence-electron chi connectivity index (χ4n) is 1.87. The van der Waals surface area contributed by atoms with Crippen LogP contribution >= 0.6 is 15.9 Å². The molecule has 0 aromatic carbocycles. The van der Waals surface area contributed by atoms with Crippen molar-refractivity contribution in [3.8, 4) is 5.82 Å². The van der Waals surface area contributed by atoms with Gasteiger partial charge in [-0.25, -0.2) is 14.5 Å². The zero-order valence-corrected chi connectivity index (χ0v) is 13.2. The molecule has 0 aliphatic rings. The molecule has 0 saturated heterocycles. The number of carbonyl (C=O) groups is 1. The van der Waals surface area contributed by atoms with Gasteiger partial charge in [0.15, 0.2) is 11.5 Å². The quantitative estimate of drug-likeness (QED) is 0.606. The van der Waals surface area contributed by atoms with Crippen LogP contribution < -0.4 is 0 Å². The highest BCUT2D eigenvalue weighted by Crippen LogP contribution is 2.34. The molecule has 2 aromatic heterocycles. The fourth-order valence-corrected chi connectivity index (χ4v) is 2.41. The third-order valence-electron chi connectivity index (χ3n) is 2.67. The molecule has 0 spiro atoms. The van der Waals surface area contributed by atoms with Gasteiger partial charge >= 0.3 is 12.1 Å². The summed E-state index contributed by atoms with van der Waals surface area (Å²) in [6.07, 6.45) is -3.95. The van der Waals surface area contributed by atoms with Crippen LogP contribution in [0, 0.1) is 6.92 Å². The zero-order chi connectivity index (χ0) is 16.5. The number of carbonyl (C=O) groups excluding carboxylic acids is 1. The highest BCUT2D eigenvalue weighted by Gasteiger charge is 2.41. The van der Waals surface area contributed by atoms with E-state index in [1.54, 1.807) is 13.0 Å². The second-order valence-corrected chi connectivity index (χ2v) is 5.17. The first-order chi connectivity index (χ1) is 10.2. The van der Waals surface area contributed by atoms with E-state index in [1.807, 2.05) is 0 Å². The van der Waals surface area contributed by atoms with Crippen molar-refractivity contribution in [1.29, 1.82) is 0 Å². The number of aryl methyl sites for hydroxylation is 1. The summed E-state index contributed by atoms with van der Waals surface area (Å²) in [5.74, 6) is -1.12. The Morgan fingerprint density at radius 1 is 1.41 bits per heavy atom. The molecule has 2 heterocycles. The summed E-state index contributed by atoms with van der Waals surface area (Å²) >= 11 is 3.12. The minimum atomic E-state index is -4.78. The number of hydrogen-bond acceptors (Lipinski definition) is 4. The minimum Gasteiger partial charge on any atom is -0.462 e. The lowest BCUT2D eigenvalue weighted by Crippen LogP contribution is -2.19. The second kappa shape index (κ2) is 6.07. The Balaban J connectivity index is 2.64. The predicted molar refractivity (Wildman–Crippen MR) is 74.8 cm³/mol. The molecule has 0 saturated carbocycles.